The van der Waals surface area contributed by atoms with Gasteiger partial charge in [-0.3, -0.25) is 4.79 Å². The van der Waals surface area contributed by atoms with Crippen molar-refractivity contribution in [1.29, 1.82) is 0 Å². The second-order valence-corrected chi connectivity index (χ2v) is 9.03. The molecule has 36 heavy (non-hydrogen) atoms. The maximum Gasteiger partial charge on any atom is 0.490 e. The van der Waals surface area contributed by atoms with Crippen molar-refractivity contribution in [3.63, 3.8) is 0 Å². The Morgan fingerprint density at radius 2 is 1.22 bits per heavy atom. The van der Waals surface area contributed by atoms with Crippen LogP contribution in [0, 0.1) is 5.41 Å². The van der Waals surface area contributed by atoms with E-state index in [0.717, 1.165) is 37.1 Å². The molecule has 0 radical (unpaired) electrons. The summed E-state index contributed by atoms with van der Waals surface area (Å²) in [4.78, 5) is 31.9. The van der Waals surface area contributed by atoms with E-state index in [-0.39, 0.29) is 17.4 Å². The number of carbonyl (C=O) groups excluding carboxylic acids is 1. The summed E-state index contributed by atoms with van der Waals surface area (Å²) in [6, 6.07) is 7.74. The highest BCUT2D eigenvalue weighted by molar-refractivity contribution is 5.82. The molecule has 1 aromatic carbocycles. The van der Waals surface area contributed by atoms with E-state index in [4.69, 9.17) is 31.3 Å². The van der Waals surface area contributed by atoms with E-state index in [1.54, 1.807) is 0 Å². The Kier molecular flexibility index (Phi) is 12.4. The predicted octanol–water partition coefficient (Wildman–Crippen LogP) is 3.49. The summed E-state index contributed by atoms with van der Waals surface area (Å²) < 4.78 is 63.5. The van der Waals surface area contributed by atoms with E-state index in [1.165, 1.54) is 0 Å². The first-order chi connectivity index (χ1) is 16.2. The molecule has 0 saturated carbocycles. The molecule has 1 fully saturated rings. The molecule has 0 aromatic heterocycles. The van der Waals surface area contributed by atoms with Gasteiger partial charge in [-0.2, -0.15) is 26.3 Å². The number of carboxylic acids is 2. The molecule has 2 rings (SSSR count). The number of amides is 1. The lowest BCUT2D eigenvalue weighted by atomic mass is 9.83. The lowest BCUT2D eigenvalue weighted by molar-refractivity contribution is -0.193. The van der Waals surface area contributed by atoms with Gasteiger partial charge in [0.15, 0.2) is 0 Å². The maximum absolute atomic E-state index is 12.2. The Morgan fingerprint density at radius 3 is 1.53 bits per heavy atom. The van der Waals surface area contributed by atoms with Crippen molar-refractivity contribution in [2.75, 3.05) is 13.1 Å². The fourth-order valence-corrected chi connectivity index (χ4v) is 2.87. The second kappa shape index (κ2) is 13.4. The molecule has 1 heterocycles. The normalized spacial score (nSPS) is 15.6. The van der Waals surface area contributed by atoms with Crippen molar-refractivity contribution in [1.82, 2.24) is 4.90 Å². The van der Waals surface area contributed by atoms with Crippen LogP contribution >= 0.6 is 0 Å². The minimum absolute atomic E-state index is 0.00135. The van der Waals surface area contributed by atoms with Gasteiger partial charge >= 0.3 is 24.3 Å². The number of hydrogen-bond acceptors (Lipinski definition) is 5. The van der Waals surface area contributed by atoms with Crippen LogP contribution in [0.15, 0.2) is 24.3 Å². The van der Waals surface area contributed by atoms with Crippen molar-refractivity contribution in [3.8, 4) is 0 Å². The molecule has 6 N–H and O–H groups in total. The first kappa shape index (κ1) is 33.1. The first-order valence-corrected chi connectivity index (χ1v) is 10.7. The number of benzene rings is 1. The number of aliphatic carboxylic acids is 2. The van der Waals surface area contributed by atoms with Gasteiger partial charge in [-0.1, -0.05) is 45.0 Å². The smallest absolute Gasteiger partial charge is 0.475 e. The Hall–Kier alpha value is -2.87. The number of nitrogens with two attached hydrogens (primary N) is 2. The van der Waals surface area contributed by atoms with Gasteiger partial charge in [0.25, 0.3) is 0 Å². The number of rotatable bonds is 4. The highest BCUT2D eigenvalue weighted by atomic mass is 19.4. The highest BCUT2D eigenvalue weighted by Crippen LogP contribution is 2.30. The third-order valence-electron chi connectivity index (χ3n) is 4.95. The fourth-order valence-electron chi connectivity index (χ4n) is 2.87. The zero-order chi connectivity index (χ0) is 28.5. The number of carbonyl (C=O) groups is 3. The average Bonchev–Trinajstić information content (AvgIpc) is 3.27. The van der Waals surface area contributed by atoms with Crippen LogP contribution in [0.2, 0.25) is 0 Å². The quantitative estimate of drug-likeness (QED) is 0.435. The number of nitrogens with zero attached hydrogens (tertiary/aromatic N) is 1. The van der Waals surface area contributed by atoms with E-state index in [9.17, 15) is 31.1 Å². The lowest BCUT2D eigenvalue weighted by Crippen LogP contribution is -2.43. The van der Waals surface area contributed by atoms with Crippen molar-refractivity contribution in [2.45, 2.75) is 64.5 Å². The second-order valence-electron chi connectivity index (χ2n) is 9.03. The molecule has 1 saturated heterocycles. The molecule has 2 atom stereocenters. The number of halogens is 6. The summed E-state index contributed by atoms with van der Waals surface area (Å²) in [6.45, 7) is 8.11. The zero-order valence-electron chi connectivity index (χ0n) is 20.0. The van der Waals surface area contributed by atoms with Gasteiger partial charge < -0.3 is 26.6 Å². The van der Waals surface area contributed by atoms with Crippen molar-refractivity contribution in [2.24, 2.45) is 16.9 Å². The minimum Gasteiger partial charge on any atom is -0.475 e. The molecule has 2 unspecified atom stereocenters. The summed E-state index contributed by atoms with van der Waals surface area (Å²) in [5.74, 6) is -5.44. The summed E-state index contributed by atoms with van der Waals surface area (Å²) in [5.41, 5.74) is 14.6. The molecular weight excluding hydrogens is 500 g/mol. The van der Waals surface area contributed by atoms with Crippen LogP contribution in [0.1, 0.15) is 50.8 Å². The SMILES string of the molecule is CC(C)(C)C(N)c1ccc(CC(N)C(=O)N2CCCC2)cc1.O=C(O)C(F)(F)F.O=C(O)C(F)(F)F. The number of alkyl halides is 6. The molecule has 0 spiro atoms. The molecule has 206 valence electrons. The van der Waals surface area contributed by atoms with E-state index in [0.29, 0.717) is 6.42 Å². The van der Waals surface area contributed by atoms with Gasteiger partial charge in [0, 0.05) is 19.1 Å². The molecule has 1 amide bonds. The average molecular weight is 531 g/mol. The predicted molar refractivity (Wildman–Crippen MR) is 118 cm³/mol. The topological polar surface area (TPSA) is 147 Å². The molecule has 0 bridgehead atoms. The van der Waals surface area contributed by atoms with Crippen LogP contribution in [0.4, 0.5) is 26.3 Å². The fraction of sp³-hybridized carbons (Fsp3) is 0.591. The Bertz CT molecular complexity index is 837. The van der Waals surface area contributed by atoms with Gasteiger partial charge in [-0.25, -0.2) is 9.59 Å². The van der Waals surface area contributed by atoms with Crippen molar-refractivity contribution >= 4 is 17.8 Å². The van der Waals surface area contributed by atoms with Crippen LogP contribution in [-0.2, 0) is 20.8 Å². The van der Waals surface area contributed by atoms with Crippen LogP contribution < -0.4 is 11.5 Å². The maximum atomic E-state index is 12.2. The van der Waals surface area contributed by atoms with Crippen LogP contribution in [0.25, 0.3) is 0 Å². The van der Waals surface area contributed by atoms with Gasteiger partial charge in [0.2, 0.25) is 5.91 Å². The van der Waals surface area contributed by atoms with Crippen molar-refractivity contribution < 1.29 is 50.9 Å². The highest BCUT2D eigenvalue weighted by Gasteiger charge is 2.38. The summed E-state index contributed by atoms with van der Waals surface area (Å²) in [5, 5.41) is 14.2. The summed E-state index contributed by atoms with van der Waals surface area (Å²) >= 11 is 0. The largest absolute Gasteiger partial charge is 0.490 e. The van der Waals surface area contributed by atoms with E-state index in [2.05, 4.69) is 32.9 Å². The van der Waals surface area contributed by atoms with Gasteiger partial charge in [0.05, 0.1) is 6.04 Å². The number of carboxylic acid groups (broad SMARTS) is 2. The van der Waals surface area contributed by atoms with Gasteiger partial charge in [0.1, 0.15) is 0 Å². The van der Waals surface area contributed by atoms with E-state index in [1.807, 2.05) is 17.0 Å². The van der Waals surface area contributed by atoms with E-state index < -0.39 is 30.3 Å². The van der Waals surface area contributed by atoms with Crippen LogP contribution in [-0.4, -0.2) is 64.4 Å². The minimum atomic E-state index is -5.08. The molecular formula is C22H31F6N3O5. The standard InChI is InChI=1S/C18H29N3O.2C2HF3O2/c1-18(2,3)16(20)14-8-6-13(7-9-14)12-15(19)17(22)21-10-4-5-11-21;2*3-2(4,5)1(6)7/h6-9,15-16H,4-5,10-12,19-20H2,1-3H3;2*(H,6,7). The molecule has 14 heteroatoms. The third kappa shape index (κ3) is 12.2. The third-order valence-corrected chi connectivity index (χ3v) is 4.95. The van der Waals surface area contributed by atoms with Crippen molar-refractivity contribution in [3.05, 3.63) is 35.4 Å². The summed E-state index contributed by atoms with van der Waals surface area (Å²) in [7, 11) is 0. The molecule has 0 aliphatic carbocycles. The lowest BCUT2D eigenvalue weighted by Gasteiger charge is -2.27. The molecule has 1 aliphatic heterocycles. The molecule has 8 nitrogen and oxygen atoms in total. The number of likely N-dealkylation sites (tertiary alicyclic amines) is 1. The van der Waals surface area contributed by atoms with Gasteiger partial charge in [-0.05, 0) is 35.8 Å². The monoisotopic (exact) mass is 531 g/mol. The Morgan fingerprint density at radius 1 is 0.861 bits per heavy atom. The van der Waals surface area contributed by atoms with Crippen LogP contribution in [0.5, 0.6) is 0 Å². The van der Waals surface area contributed by atoms with Crippen LogP contribution in [0.3, 0.4) is 0 Å². The van der Waals surface area contributed by atoms with Gasteiger partial charge in [-0.15, -0.1) is 0 Å². The molecule has 1 aliphatic rings. The zero-order valence-corrected chi connectivity index (χ0v) is 20.0. The Labute approximate surface area is 204 Å². The number of hydrogen-bond donors (Lipinski definition) is 4. The van der Waals surface area contributed by atoms with E-state index >= 15 is 0 Å². The first-order valence-electron chi connectivity index (χ1n) is 10.7. The molecule has 1 aromatic rings. The Balaban J connectivity index is 0.000000720. The summed E-state index contributed by atoms with van der Waals surface area (Å²) in [6.07, 6.45) is -7.39.